The van der Waals surface area contributed by atoms with Crippen molar-refractivity contribution in [2.24, 2.45) is 0 Å². The lowest BCUT2D eigenvalue weighted by Crippen LogP contribution is -2.47. The summed E-state index contributed by atoms with van der Waals surface area (Å²) >= 11 is 0. The standard InChI is InChI=1S/C16H20N2O5S/c1-2-10-17-24(22,23)13-8-6-12(7-9-13)15(19)18-11-4-3-5-14(18)16(20)21/h2,6-9,14,17H,1,3-5,10-11H2,(H,20,21)/t14-/m1/s1. The summed E-state index contributed by atoms with van der Waals surface area (Å²) in [6.45, 7) is 3.94. The molecule has 1 heterocycles. The average molecular weight is 352 g/mol. The molecule has 1 aromatic carbocycles. The summed E-state index contributed by atoms with van der Waals surface area (Å²) in [5, 5.41) is 9.25. The second-order valence-corrected chi connectivity index (χ2v) is 7.28. The van der Waals surface area contributed by atoms with E-state index in [-0.39, 0.29) is 17.0 Å². The van der Waals surface area contributed by atoms with E-state index >= 15 is 0 Å². The van der Waals surface area contributed by atoms with Crippen molar-refractivity contribution in [2.45, 2.75) is 30.2 Å². The van der Waals surface area contributed by atoms with Gasteiger partial charge in [-0.1, -0.05) is 6.08 Å². The number of amides is 1. The summed E-state index contributed by atoms with van der Waals surface area (Å²) < 4.78 is 26.3. The van der Waals surface area contributed by atoms with Crippen molar-refractivity contribution in [3.63, 3.8) is 0 Å². The molecule has 24 heavy (non-hydrogen) atoms. The Balaban J connectivity index is 2.19. The molecule has 2 rings (SSSR count). The van der Waals surface area contributed by atoms with Crippen molar-refractivity contribution in [1.29, 1.82) is 0 Å². The summed E-state index contributed by atoms with van der Waals surface area (Å²) in [4.78, 5) is 25.2. The van der Waals surface area contributed by atoms with Crippen LogP contribution in [0.1, 0.15) is 29.6 Å². The molecule has 0 bridgehead atoms. The number of rotatable bonds is 6. The molecule has 2 N–H and O–H groups in total. The molecule has 0 saturated carbocycles. The minimum atomic E-state index is -3.65. The first kappa shape index (κ1) is 18.2. The van der Waals surface area contributed by atoms with Crippen LogP contribution in [0.2, 0.25) is 0 Å². The predicted molar refractivity (Wildman–Crippen MR) is 88.1 cm³/mol. The van der Waals surface area contributed by atoms with E-state index in [4.69, 9.17) is 0 Å². The van der Waals surface area contributed by atoms with Gasteiger partial charge in [-0.3, -0.25) is 4.79 Å². The van der Waals surface area contributed by atoms with E-state index < -0.39 is 27.9 Å². The fourth-order valence-electron chi connectivity index (χ4n) is 2.63. The predicted octanol–water partition coefficient (Wildman–Crippen LogP) is 1.23. The number of likely N-dealkylation sites (tertiary alicyclic amines) is 1. The highest BCUT2D eigenvalue weighted by atomic mass is 32.2. The first-order valence-corrected chi connectivity index (χ1v) is 9.09. The summed E-state index contributed by atoms with van der Waals surface area (Å²) in [7, 11) is -3.65. The van der Waals surface area contributed by atoms with Crippen molar-refractivity contribution >= 4 is 21.9 Å². The molecule has 1 aromatic rings. The maximum absolute atomic E-state index is 12.5. The van der Waals surface area contributed by atoms with Crippen molar-refractivity contribution in [3.8, 4) is 0 Å². The Morgan fingerprint density at radius 2 is 1.96 bits per heavy atom. The quantitative estimate of drug-likeness (QED) is 0.750. The van der Waals surface area contributed by atoms with Gasteiger partial charge in [0, 0.05) is 18.7 Å². The molecular weight excluding hydrogens is 332 g/mol. The van der Waals surface area contributed by atoms with Gasteiger partial charge in [0.15, 0.2) is 0 Å². The van der Waals surface area contributed by atoms with Gasteiger partial charge in [0.05, 0.1) is 4.90 Å². The summed E-state index contributed by atoms with van der Waals surface area (Å²) in [6.07, 6.45) is 3.39. The zero-order valence-electron chi connectivity index (χ0n) is 13.1. The molecule has 1 aliphatic rings. The van der Waals surface area contributed by atoms with E-state index in [0.717, 1.165) is 12.8 Å². The maximum atomic E-state index is 12.5. The van der Waals surface area contributed by atoms with Crippen LogP contribution in [-0.4, -0.2) is 49.4 Å². The molecule has 130 valence electrons. The second kappa shape index (κ2) is 7.59. The average Bonchev–Trinajstić information content (AvgIpc) is 2.59. The molecule has 8 heteroatoms. The van der Waals surface area contributed by atoms with Gasteiger partial charge in [-0.25, -0.2) is 17.9 Å². The van der Waals surface area contributed by atoms with Crippen LogP contribution < -0.4 is 4.72 Å². The molecule has 0 unspecified atom stereocenters. The van der Waals surface area contributed by atoms with Crippen LogP contribution in [-0.2, 0) is 14.8 Å². The Labute approximate surface area is 141 Å². The van der Waals surface area contributed by atoms with Crippen LogP contribution in [0.3, 0.4) is 0 Å². The van der Waals surface area contributed by atoms with Gasteiger partial charge in [0.25, 0.3) is 5.91 Å². The number of carboxylic acids is 1. The molecule has 7 nitrogen and oxygen atoms in total. The molecule has 1 fully saturated rings. The molecule has 1 atom stereocenters. The van der Waals surface area contributed by atoms with E-state index in [2.05, 4.69) is 11.3 Å². The Kier molecular flexibility index (Phi) is 5.74. The van der Waals surface area contributed by atoms with Crippen LogP contribution >= 0.6 is 0 Å². The number of carbonyl (C=O) groups excluding carboxylic acids is 1. The van der Waals surface area contributed by atoms with Gasteiger partial charge < -0.3 is 10.0 Å². The van der Waals surface area contributed by atoms with Crippen LogP contribution in [0.5, 0.6) is 0 Å². The Morgan fingerprint density at radius 1 is 1.29 bits per heavy atom. The highest BCUT2D eigenvalue weighted by Gasteiger charge is 2.32. The topological polar surface area (TPSA) is 104 Å². The zero-order valence-corrected chi connectivity index (χ0v) is 14.0. The fourth-order valence-corrected chi connectivity index (χ4v) is 3.62. The third kappa shape index (κ3) is 4.01. The van der Waals surface area contributed by atoms with E-state index in [0.29, 0.717) is 13.0 Å². The van der Waals surface area contributed by atoms with E-state index in [1.54, 1.807) is 0 Å². The van der Waals surface area contributed by atoms with E-state index in [9.17, 15) is 23.1 Å². The van der Waals surface area contributed by atoms with Crippen molar-refractivity contribution in [3.05, 3.63) is 42.5 Å². The Bertz CT molecular complexity index is 727. The molecule has 1 amide bonds. The van der Waals surface area contributed by atoms with Crippen molar-refractivity contribution in [2.75, 3.05) is 13.1 Å². The van der Waals surface area contributed by atoms with E-state index in [1.807, 2.05) is 0 Å². The van der Waals surface area contributed by atoms with Gasteiger partial charge in [-0.15, -0.1) is 6.58 Å². The molecule has 0 aliphatic carbocycles. The van der Waals surface area contributed by atoms with Crippen molar-refractivity contribution < 1.29 is 23.1 Å². The number of piperidine rings is 1. The number of benzene rings is 1. The minimum absolute atomic E-state index is 0.0364. The number of hydrogen-bond acceptors (Lipinski definition) is 4. The highest BCUT2D eigenvalue weighted by Crippen LogP contribution is 2.21. The normalized spacial score (nSPS) is 18.2. The third-order valence-corrected chi connectivity index (χ3v) is 5.32. The molecule has 1 aliphatic heterocycles. The second-order valence-electron chi connectivity index (χ2n) is 5.51. The Hall–Kier alpha value is -2.19. The van der Waals surface area contributed by atoms with Crippen LogP contribution in [0.15, 0.2) is 41.8 Å². The molecular formula is C16H20N2O5S. The number of hydrogen-bond donors (Lipinski definition) is 2. The third-order valence-electron chi connectivity index (χ3n) is 3.88. The van der Waals surface area contributed by atoms with Crippen LogP contribution in [0, 0.1) is 0 Å². The summed E-state index contributed by atoms with van der Waals surface area (Å²) in [5.41, 5.74) is 0.269. The largest absolute Gasteiger partial charge is 0.480 e. The van der Waals surface area contributed by atoms with Gasteiger partial charge in [-0.2, -0.15) is 0 Å². The van der Waals surface area contributed by atoms with Gasteiger partial charge in [0.1, 0.15) is 6.04 Å². The summed E-state index contributed by atoms with van der Waals surface area (Å²) in [6, 6.07) is 4.64. The first-order valence-electron chi connectivity index (χ1n) is 7.61. The molecule has 0 aromatic heterocycles. The van der Waals surface area contributed by atoms with E-state index in [1.165, 1.54) is 35.2 Å². The van der Waals surface area contributed by atoms with Gasteiger partial charge in [0.2, 0.25) is 10.0 Å². The maximum Gasteiger partial charge on any atom is 0.326 e. The Morgan fingerprint density at radius 3 is 2.54 bits per heavy atom. The lowest BCUT2D eigenvalue weighted by molar-refractivity contribution is -0.143. The van der Waals surface area contributed by atoms with Crippen molar-refractivity contribution in [1.82, 2.24) is 9.62 Å². The number of sulfonamides is 1. The highest BCUT2D eigenvalue weighted by molar-refractivity contribution is 7.89. The first-order chi connectivity index (χ1) is 11.4. The number of carbonyl (C=O) groups is 2. The lowest BCUT2D eigenvalue weighted by atomic mass is 10.0. The molecule has 1 saturated heterocycles. The fraction of sp³-hybridized carbons (Fsp3) is 0.375. The molecule has 0 spiro atoms. The smallest absolute Gasteiger partial charge is 0.326 e. The number of aliphatic carboxylic acids is 1. The minimum Gasteiger partial charge on any atom is -0.480 e. The molecule has 0 radical (unpaired) electrons. The number of nitrogens with one attached hydrogen (secondary N) is 1. The van der Waals surface area contributed by atoms with Crippen LogP contribution in [0.4, 0.5) is 0 Å². The number of carboxylic acid groups (broad SMARTS) is 1. The van der Waals surface area contributed by atoms with Gasteiger partial charge in [-0.05, 0) is 43.5 Å². The van der Waals surface area contributed by atoms with Crippen LogP contribution in [0.25, 0.3) is 0 Å². The zero-order chi connectivity index (χ0) is 17.7. The van der Waals surface area contributed by atoms with Gasteiger partial charge >= 0.3 is 5.97 Å². The lowest BCUT2D eigenvalue weighted by Gasteiger charge is -2.33. The summed E-state index contributed by atoms with van der Waals surface area (Å²) in [5.74, 6) is -1.42. The SMILES string of the molecule is C=CCNS(=O)(=O)c1ccc(C(=O)N2CCCC[C@@H]2C(=O)O)cc1. The number of nitrogens with zero attached hydrogens (tertiary/aromatic N) is 1. The monoisotopic (exact) mass is 352 g/mol.